The highest BCUT2D eigenvalue weighted by molar-refractivity contribution is 5.81. The van der Waals surface area contributed by atoms with Gasteiger partial charge in [0.1, 0.15) is 0 Å². The topological polar surface area (TPSA) is 83.6 Å². The van der Waals surface area contributed by atoms with Gasteiger partial charge in [-0.05, 0) is 25.7 Å². The van der Waals surface area contributed by atoms with Gasteiger partial charge in [-0.2, -0.15) is 0 Å². The minimum atomic E-state index is -0.767. The van der Waals surface area contributed by atoms with Gasteiger partial charge < -0.3 is 15.7 Å². The highest BCUT2D eigenvalue weighted by atomic mass is 16.4. The summed E-state index contributed by atoms with van der Waals surface area (Å²) >= 11 is 0. The SMILES string of the molecule is CCCC(CN)C(=O)N1CCCC(CCC)(C(=O)O)C1. The molecular formula is C15H28N2O3. The molecule has 0 aromatic heterocycles. The van der Waals surface area contributed by atoms with Gasteiger partial charge in [-0.25, -0.2) is 0 Å². The van der Waals surface area contributed by atoms with E-state index in [4.69, 9.17) is 5.73 Å². The van der Waals surface area contributed by atoms with Crippen LogP contribution in [0.4, 0.5) is 0 Å². The maximum atomic E-state index is 12.5. The second kappa shape index (κ2) is 7.62. The van der Waals surface area contributed by atoms with Crippen LogP contribution in [0.15, 0.2) is 0 Å². The molecule has 5 heteroatoms. The zero-order valence-electron chi connectivity index (χ0n) is 12.7. The van der Waals surface area contributed by atoms with Gasteiger partial charge in [-0.3, -0.25) is 9.59 Å². The molecule has 20 heavy (non-hydrogen) atoms. The van der Waals surface area contributed by atoms with E-state index in [0.717, 1.165) is 25.7 Å². The van der Waals surface area contributed by atoms with Crippen LogP contribution in [0.5, 0.6) is 0 Å². The van der Waals surface area contributed by atoms with Crippen molar-refractivity contribution in [3.63, 3.8) is 0 Å². The lowest BCUT2D eigenvalue weighted by Crippen LogP contribution is -2.52. The Morgan fingerprint density at radius 1 is 1.35 bits per heavy atom. The van der Waals surface area contributed by atoms with Crippen LogP contribution in [0.25, 0.3) is 0 Å². The second-order valence-electron chi connectivity index (χ2n) is 5.92. The Balaban J connectivity index is 2.81. The fourth-order valence-corrected chi connectivity index (χ4v) is 3.23. The molecule has 0 saturated carbocycles. The number of nitrogens with zero attached hydrogens (tertiary/aromatic N) is 1. The van der Waals surface area contributed by atoms with Crippen molar-refractivity contribution >= 4 is 11.9 Å². The number of carbonyl (C=O) groups is 2. The van der Waals surface area contributed by atoms with E-state index in [1.165, 1.54) is 0 Å². The second-order valence-corrected chi connectivity index (χ2v) is 5.92. The molecule has 1 fully saturated rings. The predicted octanol–water partition coefficient (Wildman–Crippen LogP) is 1.85. The first-order valence-corrected chi connectivity index (χ1v) is 7.73. The van der Waals surface area contributed by atoms with Gasteiger partial charge >= 0.3 is 5.97 Å². The van der Waals surface area contributed by atoms with E-state index in [0.29, 0.717) is 32.5 Å². The number of carbonyl (C=O) groups excluding carboxylic acids is 1. The number of nitrogens with two attached hydrogens (primary N) is 1. The van der Waals surface area contributed by atoms with Gasteiger partial charge in [-0.15, -0.1) is 0 Å². The van der Waals surface area contributed by atoms with Crippen molar-refractivity contribution < 1.29 is 14.7 Å². The maximum Gasteiger partial charge on any atom is 0.311 e. The van der Waals surface area contributed by atoms with Crippen molar-refractivity contribution in [2.45, 2.75) is 52.4 Å². The number of amides is 1. The monoisotopic (exact) mass is 284 g/mol. The summed E-state index contributed by atoms with van der Waals surface area (Å²) in [6.07, 6.45) is 4.58. The highest BCUT2D eigenvalue weighted by Gasteiger charge is 2.43. The number of carboxylic acid groups (broad SMARTS) is 1. The van der Waals surface area contributed by atoms with Crippen LogP contribution in [-0.4, -0.2) is 41.5 Å². The zero-order chi connectivity index (χ0) is 15.2. The van der Waals surface area contributed by atoms with Crippen molar-refractivity contribution in [2.24, 2.45) is 17.1 Å². The standard InChI is InChI=1S/C15H28N2O3/c1-3-6-12(10-16)13(18)17-9-5-8-15(11-17,7-4-2)14(19)20/h12H,3-11,16H2,1-2H3,(H,19,20). The van der Waals surface area contributed by atoms with Crippen LogP contribution in [0.1, 0.15) is 52.4 Å². The fraction of sp³-hybridized carbons (Fsp3) is 0.867. The number of likely N-dealkylation sites (tertiary alicyclic amines) is 1. The molecule has 0 aromatic carbocycles. The molecule has 2 atom stereocenters. The van der Waals surface area contributed by atoms with Crippen LogP contribution in [-0.2, 0) is 9.59 Å². The largest absolute Gasteiger partial charge is 0.481 e. The summed E-state index contributed by atoms with van der Waals surface area (Å²) in [6.45, 7) is 5.38. The van der Waals surface area contributed by atoms with E-state index in [1.807, 2.05) is 13.8 Å². The normalized spacial score (nSPS) is 24.4. The van der Waals surface area contributed by atoms with Crippen LogP contribution >= 0.6 is 0 Å². The minimum Gasteiger partial charge on any atom is -0.481 e. The molecule has 1 saturated heterocycles. The Kier molecular flexibility index (Phi) is 6.46. The van der Waals surface area contributed by atoms with Gasteiger partial charge in [0.05, 0.1) is 11.3 Å². The van der Waals surface area contributed by atoms with E-state index < -0.39 is 11.4 Å². The maximum absolute atomic E-state index is 12.5. The van der Waals surface area contributed by atoms with Gasteiger partial charge in [0.25, 0.3) is 0 Å². The van der Waals surface area contributed by atoms with Gasteiger partial charge in [0.2, 0.25) is 5.91 Å². The molecular weight excluding hydrogens is 256 g/mol. The average molecular weight is 284 g/mol. The molecule has 5 nitrogen and oxygen atoms in total. The first-order chi connectivity index (χ1) is 9.50. The molecule has 116 valence electrons. The summed E-state index contributed by atoms with van der Waals surface area (Å²) in [5.74, 6) is -0.890. The summed E-state index contributed by atoms with van der Waals surface area (Å²) < 4.78 is 0. The van der Waals surface area contributed by atoms with Gasteiger partial charge in [0.15, 0.2) is 0 Å². The Labute approximate surface area is 121 Å². The van der Waals surface area contributed by atoms with Crippen molar-refractivity contribution in [1.29, 1.82) is 0 Å². The summed E-state index contributed by atoms with van der Waals surface area (Å²) in [4.78, 5) is 25.9. The molecule has 0 aliphatic carbocycles. The number of carboxylic acids is 1. The number of hydrogen-bond donors (Lipinski definition) is 2. The summed E-state index contributed by atoms with van der Waals surface area (Å²) in [6, 6.07) is 0. The number of rotatable bonds is 7. The van der Waals surface area contributed by atoms with Crippen molar-refractivity contribution in [3.05, 3.63) is 0 Å². The zero-order valence-corrected chi connectivity index (χ0v) is 12.7. The molecule has 0 aromatic rings. The highest BCUT2D eigenvalue weighted by Crippen LogP contribution is 2.35. The quantitative estimate of drug-likeness (QED) is 0.747. The summed E-state index contributed by atoms with van der Waals surface area (Å²) in [5.41, 5.74) is 4.93. The third-order valence-electron chi connectivity index (χ3n) is 4.34. The van der Waals surface area contributed by atoms with E-state index in [2.05, 4.69) is 0 Å². The number of piperidine rings is 1. The predicted molar refractivity (Wildman–Crippen MR) is 78.2 cm³/mol. The first kappa shape index (κ1) is 17.0. The number of aliphatic carboxylic acids is 1. The molecule has 1 amide bonds. The van der Waals surface area contributed by atoms with Crippen molar-refractivity contribution in [2.75, 3.05) is 19.6 Å². The van der Waals surface area contributed by atoms with Crippen LogP contribution in [0, 0.1) is 11.3 Å². The smallest absolute Gasteiger partial charge is 0.311 e. The Morgan fingerprint density at radius 3 is 2.55 bits per heavy atom. The van der Waals surface area contributed by atoms with E-state index in [9.17, 15) is 14.7 Å². The summed E-state index contributed by atoms with van der Waals surface area (Å²) in [7, 11) is 0. The molecule has 0 radical (unpaired) electrons. The lowest BCUT2D eigenvalue weighted by atomic mass is 9.76. The van der Waals surface area contributed by atoms with E-state index >= 15 is 0 Å². The molecule has 1 rings (SSSR count). The van der Waals surface area contributed by atoms with Crippen molar-refractivity contribution in [1.82, 2.24) is 4.90 Å². The fourth-order valence-electron chi connectivity index (χ4n) is 3.23. The third kappa shape index (κ3) is 3.72. The summed E-state index contributed by atoms with van der Waals surface area (Å²) in [5, 5.41) is 9.56. The van der Waals surface area contributed by atoms with Crippen molar-refractivity contribution in [3.8, 4) is 0 Å². The molecule has 3 N–H and O–H groups in total. The van der Waals surface area contributed by atoms with Crippen LogP contribution in [0.2, 0.25) is 0 Å². The minimum absolute atomic E-state index is 0.0378. The molecule has 1 aliphatic heterocycles. The van der Waals surface area contributed by atoms with E-state index in [1.54, 1.807) is 4.90 Å². The Bertz CT molecular complexity index is 342. The molecule has 0 spiro atoms. The van der Waals surface area contributed by atoms with E-state index in [-0.39, 0.29) is 11.8 Å². The molecule has 1 heterocycles. The van der Waals surface area contributed by atoms with Crippen LogP contribution < -0.4 is 5.73 Å². The average Bonchev–Trinajstić information content (AvgIpc) is 2.44. The van der Waals surface area contributed by atoms with Crippen LogP contribution in [0.3, 0.4) is 0 Å². The Morgan fingerprint density at radius 2 is 2.05 bits per heavy atom. The lowest BCUT2D eigenvalue weighted by molar-refractivity contribution is -0.156. The molecule has 1 aliphatic rings. The van der Waals surface area contributed by atoms with Gasteiger partial charge in [-0.1, -0.05) is 26.7 Å². The third-order valence-corrected chi connectivity index (χ3v) is 4.34. The van der Waals surface area contributed by atoms with Gasteiger partial charge in [0, 0.05) is 19.6 Å². The number of hydrogen-bond acceptors (Lipinski definition) is 3. The Hall–Kier alpha value is -1.10. The molecule has 2 unspecified atom stereocenters. The molecule has 0 bridgehead atoms. The first-order valence-electron chi connectivity index (χ1n) is 7.73. The lowest BCUT2D eigenvalue weighted by Gasteiger charge is -2.41.